The average molecular weight is 246 g/mol. The van der Waals surface area contributed by atoms with Gasteiger partial charge in [0.05, 0.1) is 0 Å². The highest BCUT2D eigenvalue weighted by atomic mass is 32.2. The Kier molecular flexibility index (Phi) is 6.54. The van der Waals surface area contributed by atoms with Gasteiger partial charge in [0.15, 0.2) is 0 Å². The Hall–Kier alpha value is 0.0700. The predicted octanol–water partition coefficient (Wildman–Crippen LogP) is 1.06. The second-order valence-electron chi connectivity index (χ2n) is 5.21. The van der Waals surface area contributed by atoms with Crippen LogP contribution in [0.5, 0.6) is 0 Å². The number of nitrogens with zero attached hydrogens (tertiary/aromatic N) is 1. The maximum Gasteiger partial charge on any atom is 0.0363 e. The summed E-state index contributed by atoms with van der Waals surface area (Å²) in [6.45, 7) is 8.46. The lowest BCUT2D eigenvalue weighted by molar-refractivity contribution is 0.261. The van der Waals surface area contributed by atoms with Crippen LogP contribution in [0.2, 0.25) is 0 Å². The first-order chi connectivity index (χ1) is 7.61. The Bertz CT molecular complexity index is 211. The van der Waals surface area contributed by atoms with E-state index in [4.69, 9.17) is 5.73 Å². The van der Waals surface area contributed by atoms with Crippen molar-refractivity contribution >= 4 is 10.8 Å². The third kappa shape index (κ3) is 5.41. The molecule has 0 aliphatic carbocycles. The van der Waals surface area contributed by atoms with Crippen LogP contribution in [0.15, 0.2) is 0 Å². The van der Waals surface area contributed by atoms with E-state index in [2.05, 4.69) is 18.7 Å². The molecule has 4 heteroatoms. The minimum absolute atomic E-state index is 0.552. The highest BCUT2D eigenvalue weighted by Crippen LogP contribution is 2.15. The van der Waals surface area contributed by atoms with Crippen molar-refractivity contribution < 1.29 is 4.21 Å². The van der Waals surface area contributed by atoms with Crippen molar-refractivity contribution in [3.05, 3.63) is 0 Å². The molecule has 3 nitrogen and oxygen atoms in total. The lowest BCUT2D eigenvalue weighted by Crippen LogP contribution is -2.39. The molecule has 2 N–H and O–H groups in total. The number of hydrogen-bond acceptors (Lipinski definition) is 3. The minimum Gasteiger partial charge on any atom is -0.330 e. The molecule has 1 saturated heterocycles. The van der Waals surface area contributed by atoms with Crippen molar-refractivity contribution in [3.8, 4) is 0 Å². The van der Waals surface area contributed by atoms with Crippen LogP contribution in [0.25, 0.3) is 0 Å². The van der Waals surface area contributed by atoms with Crippen molar-refractivity contribution in [2.75, 3.05) is 37.7 Å². The fourth-order valence-electron chi connectivity index (χ4n) is 2.26. The van der Waals surface area contributed by atoms with Crippen molar-refractivity contribution in [1.29, 1.82) is 0 Å². The van der Waals surface area contributed by atoms with E-state index in [0.29, 0.717) is 5.92 Å². The van der Waals surface area contributed by atoms with E-state index in [0.717, 1.165) is 43.6 Å². The molecule has 1 aliphatic rings. The molecule has 0 aromatic carbocycles. The first-order valence-electron chi connectivity index (χ1n) is 6.39. The second kappa shape index (κ2) is 7.41. The Morgan fingerprint density at radius 1 is 1.31 bits per heavy atom. The van der Waals surface area contributed by atoms with Crippen molar-refractivity contribution in [1.82, 2.24) is 4.90 Å². The first kappa shape index (κ1) is 14.1. The molecular weight excluding hydrogens is 220 g/mol. The van der Waals surface area contributed by atoms with Crippen molar-refractivity contribution in [2.45, 2.75) is 26.7 Å². The largest absolute Gasteiger partial charge is 0.330 e. The molecule has 1 fully saturated rings. The average Bonchev–Trinajstić information content (AvgIpc) is 2.26. The fourth-order valence-corrected chi connectivity index (χ4v) is 3.39. The summed E-state index contributed by atoms with van der Waals surface area (Å²) < 4.78 is 11.2. The molecule has 0 spiro atoms. The molecule has 0 aromatic heterocycles. The summed E-state index contributed by atoms with van der Waals surface area (Å²) in [5.74, 6) is 3.12. The molecule has 16 heavy (non-hydrogen) atoms. The van der Waals surface area contributed by atoms with Gasteiger partial charge in [-0.2, -0.15) is 0 Å². The van der Waals surface area contributed by atoms with Gasteiger partial charge in [-0.05, 0) is 37.8 Å². The van der Waals surface area contributed by atoms with Crippen LogP contribution in [0.3, 0.4) is 0 Å². The van der Waals surface area contributed by atoms with E-state index in [9.17, 15) is 4.21 Å². The van der Waals surface area contributed by atoms with E-state index in [1.165, 1.54) is 12.8 Å². The van der Waals surface area contributed by atoms with E-state index in [1.54, 1.807) is 0 Å². The zero-order valence-corrected chi connectivity index (χ0v) is 11.5. The van der Waals surface area contributed by atoms with Gasteiger partial charge in [0.25, 0.3) is 0 Å². The van der Waals surface area contributed by atoms with Crippen LogP contribution >= 0.6 is 0 Å². The molecular formula is C12H26N2OS. The van der Waals surface area contributed by atoms with Crippen LogP contribution in [0.4, 0.5) is 0 Å². The molecule has 1 aliphatic heterocycles. The zero-order chi connectivity index (χ0) is 12.0. The Morgan fingerprint density at radius 2 is 1.94 bits per heavy atom. The lowest BCUT2D eigenvalue weighted by Gasteiger charge is -2.28. The summed E-state index contributed by atoms with van der Waals surface area (Å²) in [4.78, 5) is 2.43. The highest BCUT2D eigenvalue weighted by Gasteiger charge is 2.16. The standard InChI is InChI=1S/C12H26N2OS/c1-11(2)9-12(10-13)3-4-14-5-7-16(15)8-6-14/h11-12H,3-10,13H2,1-2H3. The molecule has 0 bridgehead atoms. The lowest BCUT2D eigenvalue weighted by atomic mass is 9.94. The van der Waals surface area contributed by atoms with Crippen molar-refractivity contribution in [2.24, 2.45) is 17.6 Å². The van der Waals surface area contributed by atoms with E-state index in [-0.39, 0.29) is 0 Å². The molecule has 96 valence electrons. The van der Waals surface area contributed by atoms with Gasteiger partial charge in [-0.25, -0.2) is 0 Å². The maximum absolute atomic E-state index is 11.2. The summed E-state index contributed by atoms with van der Waals surface area (Å²) in [7, 11) is -0.552. The van der Waals surface area contributed by atoms with Gasteiger partial charge in [0.1, 0.15) is 0 Å². The topological polar surface area (TPSA) is 46.3 Å². The summed E-state index contributed by atoms with van der Waals surface area (Å²) in [5, 5.41) is 0. The van der Waals surface area contributed by atoms with Crippen molar-refractivity contribution in [3.63, 3.8) is 0 Å². The molecule has 0 radical (unpaired) electrons. The van der Waals surface area contributed by atoms with Gasteiger partial charge in [0.2, 0.25) is 0 Å². The maximum atomic E-state index is 11.2. The molecule has 1 atom stereocenters. The summed E-state index contributed by atoms with van der Waals surface area (Å²) in [5.41, 5.74) is 5.79. The zero-order valence-electron chi connectivity index (χ0n) is 10.7. The molecule has 1 heterocycles. The van der Waals surface area contributed by atoms with Crippen LogP contribution in [-0.2, 0) is 10.8 Å². The van der Waals surface area contributed by atoms with Gasteiger partial charge >= 0.3 is 0 Å². The summed E-state index contributed by atoms with van der Waals surface area (Å²) in [6.07, 6.45) is 2.43. The molecule has 1 unspecified atom stereocenters. The summed E-state index contributed by atoms with van der Waals surface area (Å²) >= 11 is 0. The van der Waals surface area contributed by atoms with E-state index < -0.39 is 10.8 Å². The fraction of sp³-hybridized carbons (Fsp3) is 1.00. The molecule has 1 rings (SSSR count). The van der Waals surface area contributed by atoms with Crippen LogP contribution in [0.1, 0.15) is 26.7 Å². The minimum atomic E-state index is -0.552. The van der Waals surface area contributed by atoms with Gasteiger partial charge in [-0.15, -0.1) is 0 Å². The first-order valence-corrected chi connectivity index (χ1v) is 7.88. The second-order valence-corrected chi connectivity index (χ2v) is 6.91. The quantitative estimate of drug-likeness (QED) is 0.762. The SMILES string of the molecule is CC(C)CC(CN)CCN1CCS(=O)CC1. The van der Waals surface area contributed by atoms with Crippen LogP contribution in [-0.4, -0.2) is 46.8 Å². The Morgan fingerprint density at radius 3 is 2.44 bits per heavy atom. The Balaban J connectivity index is 2.19. The number of hydrogen-bond donors (Lipinski definition) is 1. The molecule has 0 aromatic rings. The third-order valence-electron chi connectivity index (χ3n) is 3.26. The number of rotatable bonds is 6. The molecule has 0 amide bonds. The van der Waals surface area contributed by atoms with Gasteiger partial charge < -0.3 is 10.6 Å². The van der Waals surface area contributed by atoms with E-state index in [1.807, 2.05) is 0 Å². The molecule has 0 saturated carbocycles. The van der Waals surface area contributed by atoms with Gasteiger partial charge in [0, 0.05) is 35.4 Å². The number of nitrogens with two attached hydrogens (primary N) is 1. The summed E-state index contributed by atoms with van der Waals surface area (Å²) in [6, 6.07) is 0. The van der Waals surface area contributed by atoms with Gasteiger partial charge in [-0.3, -0.25) is 4.21 Å². The Labute approximate surface area is 102 Å². The van der Waals surface area contributed by atoms with Crippen LogP contribution < -0.4 is 5.73 Å². The van der Waals surface area contributed by atoms with Crippen LogP contribution in [0, 0.1) is 11.8 Å². The predicted molar refractivity (Wildman–Crippen MR) is 70.9 cm³/mol. The smallest absolute Gasteiger partial charge is 0.0363 e. The van der Waals surface area contributed by atoms with Gasteiger partial charge in [-0.1, -0.05) is 13.8 Å². The normalized spacial score (nSPS) is 21.5. The van der Waals surface area contributed by atoms with E-state index >= 15 is 0 Å². The monoisotopic (exact) mass is 246 g/mol. The third-order valence-corrected chi connectivity index (χ3v) is 4.54. The highest BCUT2D eigenvalue weighted by molar-refractivity contribution is 7.85.